The van der Waals surface area contributed by atoms with Crippen LogP contribution < -0.4 is 20.3 Å². The number of benzene rings is 1. The summed E-state index contributed by atoms with van der Waals surface area (Å²) in [4.78, 5) is 31.6. The molecule has 0 fully saturated rings. The summed E-state index contributed by atoms with van der Waals surface area (Å²) in [5.74, 6) is 1.18. The number of nitrogens with one attached hydrogen (secondary N) is 1. The van der Waals surface area contributed by atoms with E-state index < -0.39 is 0 Å². The first-order valence-electron chi connectivity index (χ1n) is 9.65. The van der Waals surface area contributed by atoms with Crippen LogP contribution >= 0.6 is 11.3 Å². The Kier molecular flexibility index (Phi) is 5.27. The van der Waals surface area contributed by atoms with Gasteiger partial charge in [0.25, 0.3) is 5.56 Å². The van der Waals surface area contributed by atoms with Crippen molar-refractivity contribution in [2.24, 2.45) is 0 Å². The number of hydrogen-bond donors (Lipinski definition) is 1. The fourth-order valence-electron chi connectivity index (χ4n) is 3.44. The van der Waals surface area contributed by atoms with Crippen LogP contribution in [0, 0.1) is 13.8 Å². The minimum atomic E-state index is -0.161. The highest BCUT2D eigenvalue weighted by Gasteiger charge is 2.18. The van der Waals surface area contributed by atoms with Gasteiger partial charge >= 0.3 is 0 Å². The van der Waals surface area contributed by atoms with Crippen molar-refractivity contribution >= 4 is 33.1 Å². The van der Waals surface area contributed by atoms with E-state index in [0.29, 0.717) is 16.9 Å². The van der Waals surface area contributed by atoms with Gasteiger partial charge in [-0.15, -0.1) is 11.3 Å². The predicted octanol–water partition coefficient (Wildman–Crippen LogP) is 3.78. The Balaban J connectivity index is 1.50. The highest BCUT2D eigenvalue weighted by molar-refractivity contribution is 7.18. The molecule has 0 unspecified atom stereocenters. The molecule has 3 heterocycles. The van der Waals surface area contributed by atoms with Crippen LogP contribution in [0.2, 0.25) is 0 Å². The Bertz CT molecular complexity index is 1150. The molecule has 0 saturated heterocycles. The number of aromatic nitrogens is 2. The van der Waals surface area contributed by atoms with Crippen LogP contribution in [0.25, 0.3) is 10.2 Å². The van der Waals surface area contributed by atoms with E-state index in [-0.39, 0.29) is 31.2 Å². The zero-order valence-electron chi connectivity index (χ0n) is 16.7. The quantitative estimate of drug-likeness (QED) is 0.665. The molecular weight excluding hydrogens is 390 g/mol. The molecule has 1 aromatic carbocycles. The lowest BCUT2D eigenvalue weighted by molar-refractivity contribution is -0.116. The van der Waals surface area contributed by atoms with Gasteiger partial charge in [0.2, 0.25) is 12.7 Å². The van der Waals surface area contributed by atoms with Gasteiger partial charge in [-0.3, -0.25) is 14.2 Å². The lowest BCUT2D eigenvalue weighted by Gasteiger charge is -2.12. The zero-order valence-corrected chi connectivity index (χ0v) is 17.5. The Morgan fingerprint density at radius 3 is 2.79 bits per heavy atom. The number of hydrogen-bond acceptors (Lipinski definition) is 6. The zero-order chi connectivity index (χ0) is 20.5. The molecule has 2 aromatic heterocycles. The maximum Gasteiger partial charge on any atom is 0.262 e. The summed E-state index contributed by atoms with van der Waals surface area (Å²) in [6.45, 7) is 6.47. The van der Waals surface area contributed by atoms with Gasteiger partial charge in [0.15, 0.2) is 11.5 Å². The molecular formula is C21H23N3O4S. The third-order valence-corrected chi connectivity index (χ3v) is 6.24. The number of aryl methyl sites for hydroxylation is 4. The van der Waals surface area contributed by atoms with E-state index in [0.717, 1.165) is 39.4 Å². The molecule has 3 aromatic rings. The van der Waals surface area contributed by atoms with Crippen LogP contribution in [-0.2, 0) is 17.8 Å². The number of thiophene rings is 1. The summed E-state index contributed by atoms with van der Waals surface area (Å²) >= 11 is 1.52. The van der Waals surface area contributed by atoms with Crippen molar-refractivity contribution in [2.45, 2.75) is 46.6 Å². The third kappa shape index (κ3) is 3.72. The average molecular weight is 413 g/mol. The number of fused-ring (bicyclic) bond motifs is 2. The summed E-state index contributed by atoms with van der Waals surface area (Å²) in [6.07, 6.45) is 3.47. The van der Waals surface area contributed by atoms with Crippen molar-refractivity contribution in [1.29, 1.82) is 0 Å². The summed E-state index contributed by atoms with van der Waals surface area (Å²) in [6, 6.07) is 3.73. The maximum atomic E-state index is 12.8. The Morgan fingerprint density at radius 1 is 1.28 bits per heavy atom. The number of carbonyl (C=O) groups is 1. The molecule has 4 rings (SSSR count). The SMILES string of the molecule is CCCc1cc2c(cc1NC(=O)CCn1cnc3sc(C)c(C)c3c1=O)OCO2. The van der Waals surface area contributed by atoms with E-state index in [1.54, 1.807) is 0 Å². The van der Waals surface area contributed by atoms with E-state index >= 15 is 0 Å². The minimum absolute atomic E-state index is 0.0978. The normalized spacial score (nSPS) is 12.5. The second-order valence-electron chi connectivity index (χ2n) is 7.12. The molecule has 7 nitrogen and oxygen atoms in total. The fraction of sp³-hybridized carbons (Fsp3) is 0.381. The molecule has 1 amide bonds. The van der Waals surface area contributed by atoms with E-state index in [9.17, 15) is 9.59 Å². The van der Waals surface area contributed by atoms with Gasteiger partial charge < -0.3 is 14.8 Å². The first kappa shape index (κ1) is 19.4. The van der Waals surface area contributed by atoms with Gasteiger partial charge in [-0.25, -0.2) is 4.98 Å². The van der Waals surface area contributed by atoms with Crippen molar-refractivity contribution in [3.63, 3.8) is 0 Å². The fourth-order valence-corrected chi connectivity index (χ4v) is 4.43. The van der Waals surface area contributed by atoms with Crippen LogP contribution in [0.4, 0.5) is 5.69 Å². The molecule has 0 atom stereocenters. The number of anilines is 1. The maximum absolute atomic E-state index is 12.8. The van der Waals surface area contributed by atoms with Crippen LogP contribution in [-0.4, -0.2) is 22.3 Å². The molecule has 0 saturated carbocycles. The van der Waals surface area contributed by atoms with Crippen molar-refractivity contribution in [1.82, 2.24) is 9.55 Å². The Hall–Kier alpha value is -2.87. The summed E-state index contributed by atoms with van der Waals surface area (Å²) < 4.78 is 12.4. The van der Waals surface area contributed by atoms with Gasteiger partial charge in [-0.05, 0) is 37.5 Å². The van der Waals surface area contributed by atoms with Crippen LogP contribution in [0.3, 0.4) is 0 Å². The molecule has 0 aliphatic carbocycles. The number of carbonyl (C=O) groups excluding carboxylic acids is 1. The molecule has 152 valence electrons. The first-order chi connectivity index (χ1) is 14.0. The number of amides is 1. The molecule has 1 aliphatic rings. The van der Waals surface area contributed by atoms with E-state index in [1.165, 1.54) is 22.2 Å². The highest BCUT2D eigenvalue weighted by Crippen LogP contribution is 2.37. The van der Waals surface area contributed by atoms with E-state index in [1.807, 2.05) is 26.0 Å². The van der Waals surface area contributed by atoms with Crippen LogP contribution in [0.5, 0.6) is 11.5 Å². The van der Waals surface area contributed by atoms with Crippen molar-refractivity contribution < 1.29 is 14.3 Å². The third-order valence-electron chi connectivity index (χ3n) is 5.13. The van der Waals surface area contributed by atoms with Gasteiger partial charge in [0.1, 0.15) is 4.83 Å². The van der Waals surface area contributed by atoms with Crippen molar-refractivity contribution in [2.75, 3.05) is 12.1 Å². The molecule has 8 heteroatoms. The summed E-state index contributed by atoms with van der Waals surface area (Å²) in [5, 5.41) is 3.61. The van der Waals surface area contributed by atoms with Gasteiger partial charge in [0.05, 0.1) is 11.7 Å². The van der Waals surface area contributed by atoms with Crippen molar-refractivity contribution in [3.8, 4) is 11.5 Å². The predicted molar refractivity (Wildman–Crippen MR) is 113 cm³/mol. The van der Waals surface area contributed by atoms with E-state index in [4.69, 9.17) is 9.47 Å². The highest BCUT2D eigenvalue weighted by atomic mass is 32.1. The van der Waals surface area contributed by atoms with Crippen LogP contribution in [0.1, 0.15) is 35.8 Å². The Labute approximate surface area is 172 Å². The number of rotatable bonds is 6. The number of ether oxygens (including phenoxy) is 2. The Morgan fingerprint density at radius 2 is 2.03 bits per heavy atom. The molecule has 0 bridgehead atoms. The monoisotopic (exact) mass is 413 g/mol. The van der Waals surface area contributed by atoms with Crippen LogP contribution in [0.15, 0.2) is 23.3 Å². The lowest BCUT2D eigenvalue weighted by Crippen LogP contribution is -2.23. The molecule has 29 heavy (non-hydrogen) atoms. The second-order valence-corrected chi connectivity index (χ2v) is 8.32. The molecule has 0 radical (unpaired) electrons. The molecule has 1 N–H and O–H groups in total. The number of nitrogens with zero attached hydrogens (tertiary/aromatic N) is 2. The molecule has 0 spiro atoms. The van der Waals surface area contributed by atoms with Gasteiger partial charge in [-0.1, -0.05) is 13.3 Å². The first-order valence-corrected chi connectivity index (χ1v) is 10.5. The van der Waals surface area contributed by atoms with E-state index in [2.05, 4.69) is 17.2 Å². The van der Waals surface area contributed by atoms with Gasteiger partial charge in [-0.2, -0.15) is 0 Å². The molecule has 1 aliphatic heterocycles. The largest absolute Gasteiger partial charge is 0.454 e. The summed E-state index contributed by atoms with van der Waals surface area (Å²) in [7, 11) is 0. The van der Waals surface area contributed by atoms with Crippen molar-refractivity contribution in [3.05, 3.63) is 44.8 Å². The topological polar surface area (TPSA) is 82.5 Å². The minimum Gasteiger partial charge on any atom is -0.454 e. The standard InChI is InChI=1S/C21H23N3O4S/c1-4-5-14-8-16-17(28-11-27-16)9-15(14)23-18(25)6-7-24-10-22-20-19(21(24)26)12(2)13(3)29-20/h8-10H,4-7,11H2,1-3H3,(H,23,25). The summed E-state index contributed by atoms with van der Waals surface area (Å²) in [5.41, 5.74) is 2.60. The smallest absolute Gasteiger partial charge is 0.262 e. The average Bonchev–Trinajstić information content (AvgIpc) is 3.26. The van der Waals surface area contributed by atoms with Gasteiger partial charge in [0, 0.05) is 29.6 Å². The second kappa shape index (κ2) is 7.87. The lowest BCUT2D eigenvalue weighted by atomic mass is 10.1.